The molecule has 1 fully saturated rings. The summed E-state index contributed by atoms with van der Waals surface area (Å²) in [6.07, 6.45) is 5.17. The second-order valence-corrected chi connectivity index (χ2v) is 5.85. The van der Waals surface area contributed by atoms with E-state index in [1.165, 1.54) is 6.42 Å². The molecule has 0 heterocycles. The molecular weight excluding hydrogens is 280 g/mol. The van der Waals surface area contributed by atoms with Crippen LogP contribution in [0.3, 0.4) is 0 Å². The van der Waals surface area contributed by atoms with Gasteiger partial charge in [0, 0.05) is 12.5 Å². The number of amides is 2. The molecule has 0 saturated heterocycles. The zero-order valence-corrected chi connectivity index (χ0v) is 13.1. The number of benzene rings is 1. The van der Waals surface area contributed by atoms with Crippen LogP contribution in [0.25, 0.3) is 0 Å². The molecule has 5 nitrogen and oxygen atoms in total. The van der Waals surface area contributed by atoms with Crippen LogP contribution in [-0.4, -0.2) is 30.4 Å². The highest BCUT2D eigenvalue weighted by Crippen LogP contribution is 2.26. The number of nitrogens with two attached hydrogens (primary N) is 1. The van der Waals surface area contributed by atoms with E-state index in [0.29, 0.717) is 6.54 Å². The molecule has 0 aliphatic heterocycles. The van der Waals surface area contributed by atoms with Crippen LogP contribution in [0.4, 0.5) is 0 Å². The van der Waals surface area contributed by atoms with E-state index in [-0.39, 0.29) is 18.4 Å². The van der Waals surface area contributed by atoms with E-state index in [2.05, 4.69) is 0 Å². The van der Waals surface area contributed by atoms with E-state index in [1.54, 1.807) is 12.0 Å². The number of carbonyl (C=O) groups excluding carboxylic acids is 2. The smallest absolute Gasteiger partial charge is 0.237 e. The molecule has 120 valence electrons. The molecule has 2 N–H and O–H groups in total. The second kappa shape index (κ2) is 7.82. The van der Waals surface area contributed by atoms with Crippen molar-refractivity contribution in [1.82, 2.24) is 4.90 Å². The first-order valence-electron chi connectivity index (χ1n) is 7.80. The molecule has 0 bridgehead atoms. The van der Waals surface area contributed by atoms with Crippen molar-refractivity contribution in [1.29, 1.82) is 0 Å². The number of hydrogen-bond donors (Lipinski definition) is 1. The first-order chi connectivity index (χ1) is 10.6. The fraction of sp³-hybridized carbons (Fsp3) is 0.529. The van der Waals surface area contributed by atoms with Gasteiger partial charge in [0.05, 0.1) is 13.7 Å². The minimum absolute atomic E-state index is 0.0266. The molecule has 0 radical (unpaired) electrons. The Balaban J connectivity index is 2.10. The van der Waals surface area contributed by atoms with Crippen LogP contribution in [-0.2, 0) is 16.1 Å². The minimum atomic E-state index is -0.480. The Hall–Kier alpha value is -2.04. The largest absolute Gasteiger partial charge is 0.497 e. The monoisotopic (exact) mass is 304 g/mol. The summed E-state index contributed by atoms with van der Waals surface area (Å²) < 4.78 is 5.20. The lowest BCUT2D eigenvalue weighted by Crippen LogP contribution is -2.41. The Morgan fingerprint density at radius 3 is 2.64 bits per heavy atom. The normalized spacial score (nSPS) is 15.3. The number of nitrogens with zero attached hydrogens (tertiary/aromatic N) is 1. The molecular formula is C17H24N2O3. The molecule has 2 amide bonds. The summed E-state index contributed by atoms with van der Waals surface area (Å²) in [4.78, 5) is 25.6. The topological polar surface area (TPSA) is 72.6 Å². The number of ether oxygens (including phenoxy) is 1. The molecule has 0 atom stereocenters. The molecule has 1 aromatic carbocycles. The van der Waals surface area contributed by atoms with Gasteiger partial charge < -0.3 is 15.4 Å². The Bertz CT molecular complexity index is 524. The quantitative estimate of drug-likeness (QED) is 0.874. The standard InChI is InChI=1S/C17H24N2O3/c1-22-15-9-5-6-13(10-15)11-19(12-16(18)20)17(21)14-7-3-2-4-8-14/h5-6,9-10,14H,2-4,7-8,11-12H2,1H3,(H2,18,20). The molecule has 0 unspecified atom stereocenters. The van der Waals surface area contributed by atoms with Gasteiger partial charge in [0.15, 0.2) is 0 Å². The number of primary amides is 1. The summed E-state index contributed by atoms with van der Waals surface area (Å²) in [5.74, 6) is 0.328. The molecule has 2 rings (SSSR count). The van der Waals surface area contributed by atoms with E-state index < -0.39 is 5.91 Å². The van der Waals surface area contributed by atoms with Gasteiger partial charge in [0.2, 0.25) is 11.8 Å². The van der Waals surface area contributed by atoms with Gasteiger partial charge in [0.25, 0.3) is 0 Å². The highest BCUT2D eigenvalue weighted by Gasteiger charge is 2.26. The average Bonchev–Trinajstić information content (AvgIpc) is 2.54. The molecule has 1 aromatic rings. The van der Waals surface area contributed by atoms with Gasteiger partial charge in [-0.1, -0.05) is 31.4 Å². The number of rotatable bonds is 6. The van der Waals surface area contributed by atoms with E-state index in [0.717, 1.165) is 37.0 Å². The van der Waals surface area contributed by atoms with Crippen molar-refractivity contribution in [3.05, 3.63) is 29.8 Å². The molecule has 1 saturated carbocycles. The fourth-order valence-corrected chi connectivity index (χ4v) is 3.00. The summed E-state index contributed by atoms with van der Waals surface area (Å²) in [6.45, 7) is 0.349. The third-order valence-electron chi connectivity index (χ3n) is 4.12. The Kier molecular flexibility index (Phi) is 5.81. The molecule has 1 aliphatic rings. The van der Waals surface area contributed by atoms with Crippen molar-refractivity contribution in [3.63, 3.8) is 0 Å². The van der Waals surface area contributed by atoms with Crippen LogP contribution < -0.4 is 10.5 Å². The lowest BCUT2D eigenvalue weighted by Gasteiger charge is -2.28. The lowest BCUT2D eigenvalue weighted by atomic mass is 9.88. The van der Waals surface area contributed by atoms with Gasteiger partial charge >= 0.3 is 0 Å². The third-order valence-corrected chi connectivity index (χ3v) is 4.12. The zero-order valence-electron chi connectivity index (χ0n) is 13.1. The van der Waals surface area contributed by atoms with Gasteiger partial charge in [-0.3, -0.25) is 9.59 Å². The van der Waals surface area contributed by atoms with E-state index in [9.17, 15) is 9.59 Å². The van der Waals surface area contributed by atoms with E-state index >= 15 is 0 Å². The van der Waals surface area contributed by atoms with Crippen molar-refractivity contribution in [2.24, 2.45) is 11.7 Å². The summed E-state index contributed by atoms with van der Waals surface area (Å²) in [7, 11) is 1.60. The summed E-state index contributed by atoms with van der Waals surface area (Å²) in [5.41, 5.74) is 6.25. The number of carbonyl (C=O) groups is 2. The van der Waals surface area contributed by atoms with Crippen molar-refractivity contribution in [3.8, 4) is 5.75 Å². The predicted molar refractivity (Wildman–Crippen MR) is 84.2 cm³/mol. The van der Waals surface area contributed by atoms with Gasteiger partial charge in [-0.2, -0.15) is 0 Å². The van der Waals surface area contributed by atoms with E-state index in [1.807, 2.05) is 24.3 Å². The Morgan fingerprint density at radius 1 is 1.27 bits per heavy atom. The number of hydrogen-bond acceptors (Lipinski definition) is 3. The zero-order chi connectivity index (χ0) is 15.9. The predicted octanol–water partition coefficient (Wildman–Crippen LogP) is 2.09. The van der Waals surface area contributed by atoms with E-state index in [4.69, 9.17) is 10.5 Å². The SMILES string of the molecule is COc1cccc(CN(CC(N)=O)C(=O)C2CCCCC2)c1. The first kappa shape index (κ1) is 16.3. The maximum atomic E-state index is 12.7. The first-order valence-corrected chi connectivity index (χ1v) is 7.80. The minimum Gasteiger partial charge on any atom is -0.497 e. The maximum absolute atomic E-state index is 12.7. The van der Waals surface area contributed by atoms with Crippen LogP contribution in [0, 0.1) is 5.92 Å². The molecule has 0 spiro atoms. The van der Waals surface area contributed by atoms with Crippen molar-refractivity contribution >= 4 is 11.8 Å². The molecule has 1 aliphatic carbocycles. The van der Waals surface area contributed by atoms with Gasteiger partial charge in [-0.15, -0.1) is 0 Å². The van der Waals surface area contributed by atoms with Gasteiger partial charge in [0.1, 0.15) is 5.75 Å². The van der Waals surface area contributed by atoms with Crippen molar-refractivity contribution in [2.45, 2.75) is 38.6 Å². The number of methoxy groups -OCH3 is 1. The molecule has 5 heteroatoms. The summed E-state index contributed by atoms with van der Waals surface area (Å²) >= 11 is 0. The lowest BCUT2D eigenvalue weighted by molar-refractivity contribution is -0.140. The molecule has 22 heavy (non-hydrogen) atoms. The molecule has 0 aromatic heterocycles. The van der Waals surface area contributed by atoms with Gasteiger partial charge in [-0.05, 0) is 30.5 Å². The van der Waals surface area contributed by atoms with Crippen LogP contribution in [0.2, 0.25) is 0 Å². The third kappa shape index (κ3) is 4.48. The van der Waals surface area contributed by atoms with Gasteiger partial charge in [-0.25, -0.2) is 0 Å². The van der Waals surface area contributed by atoms with Crippen molar-refractivity contribution in [2.75, 3.05) is 13.7 Å². The second-order valence-electron chi connectivity index (χ2n) is 5.85. The van der Waals surface area contributed by atoms with Crippen molar-refractivity contribution < 1.29 is 14.3 Å². The Labute approximate surface area is 131 Å². The maximum Gasteiger partial charge on any atom is 0.237 e. The average molecular weight is 304 g/mol. The van der Waals surface area contributed by atoms with Crippen LogP contribution >= 0.6 is 0 Å². The highest BCUT2D eigenvalue weighted by molar-refractivity contribution is 5.85. The Morgan fingerprint density at radius 2 is 2.00 bits per heavy atom. The van der Waals surface area contributed by atoms with Crippen LogP contribution in [0.1, 0.15) is 37.7 Å². The highest BCUT2D eigenvalue weighted by atomic mass is 16.5. The van der Waals surface area contributed by atoms with Crippen LogP contribution in [0.15, 0.2) is 24.3 Å². The summed E-state index contributed by atoms with van der Waals surface area (Å²) in [5, 5.41) is 0. The van der Waals surface area contributed by atoms with Crippen LogP contribution in [0.5, 0.6) is 5.75 Å². The summed E-state index contributed by atoms with van der Waals surface area (Å²) in [6, 6.07) is 7.53. The fourth-order valence-electron chi connectivity index (χ4n) is 3.00.